The van der Waals surface area contributed by atoms with Crippen molar-refractivity contribution in [1.29, 1.82) is 0 Å². The van der Waals surface area contributed by atoms with Gasteiger partial charge in [0.1, 0.15) is 0 Å². The van der Waals surface area contributed by atoms with Crippen molar-refractivity contribution in [3.8, 4) is 0 Å². The van der Waals surface area contributed by atoms with Gasteiger partial charge in [-0.3, -0.25) is 4.57 Å². The summed E-state index contributed by atoms with van der Waals surface area (Å²) >= 11 is 0. The molecule has 0 aliphatic rings. The third-order valence-electron chi connectivity index (χ3n) is 1.18. The second-order valence-corrected chi connectivity index (χ2v) is 4.96. The van der Waals surface area contributed by atoms with Gasteiger partial charge in [-0.1, -0.05) is 26.5 Å². The van der Waals surface area contributed by atoms with E-state index in [1.807, 2.05) is 13.8 Å². The zero-order valence-electron chi connectivity index (χ0n) is 8.23. The molecule has 0 spiro atoms. The van der Waals surface area contributed by atoms with Crippen molar-refractivity contribution < 1.29 is 13.6 Å². The van der Waals surface area contributed by atoms with E-state index in [2.05, 4.69) is 13.2 Å². The van der Waals surface area contributed by atoms with Crippen LogP contribution in [0, 0.1) is 5.92 Å². The first-order valence-electron chi connectivity index (χ1n) is 4.17. The summed E-state index contributed by atoms with van der Waals surface area (Å²) in [5.74, 6) is 1.54. The summed E-state index contributed by atoms with van der Waals surface area (Å²) in [6.45, 7) is 11.4. The number of hydrogen-bond donors (Lipinski definition) is 0. The highest BCUT2D eigenvalue weighted by atomic mass is 31.2. The maximum Gasteiger partial charge on any atom is 0.353 e. The average molecular weight is 204 g/mol. The zero-order chi connectivity index (χ0) is 10.3. The molecule has 0 fully saturated rings. The lowest BCUT2D eigenvalue weighted by Gasteiger charge is -2.14. The molecule has 1 unspecified atom stereocenters. The van der Waals surface area contributed by atoms with Gasteiger partial charge in [0.15, 0.2) is 0 Å². The maximum absolute atomic E-state index is 11.6. The van der Waals surface area contributed by atoms with Gasteiger partial charge in [0.25, 0.3) is 0 Å². The van der Waals surface area contributed by atoms with Crippen LogP contribution in [0.5, 0.6) is 0 Å². The average Bonchev–Trinajstić information content (AvgIpc) is 2.11. The fourth-order valence-electron chi connectivity index (χ4n) is 0.552. The lowest BCUT2D eigenvalue weighted by Crippen LogP contribution is -2.01. The van der Waals surface area contributed by atoms with Crippen molar-refractivity contribution in [2.24, 2.45) is 5.92 Å². The van der Waals surface area contributed by atoms with Crippen LogP contribution >= 0.6 is 7.60 Å². The van der Waals surface area contributed by atoms with E-state index < -0.39 is 7.60 Å². The third-order valence-corrected chi connectivity index (χ3v) is 2.65. The van der Waals surface area contributed by atoms with Gasteiger partial charge < -0.3 is 9.05 Å². The molecular formula is C9H17O3P. The van der Waals surface area contributed by atoms with Crippen LogP contribution in [0.3, 0.4) is 0 Å². The first-order chi connectivity index (χ1) is 6.04. The van der Waals surface area contributed by atoms with E-state index in [1.165, 1.54) is 11.9 Å². The molecule has 0 bridgehead atoms. The smallest absolute Gasteiger partial charge is 0.305 e. The molecule has 0 radical (unpaired) electrons. The molecule has 4 heteroatoms. The standard InChI is InChI=1S/C9H17O3P/c1-5-7-11-13(10,6-2)12-8-9(3)4/h5-6,9H,1-2,7-8H2,3-4H3. The number of hydrogen-bond acceptors (Lipinski definition) is 3. The highest BCUT2D eigenvalue weighted by molar-refractivity contribution is 7.57. The molecule has 76 valence electrons. The monoisotopic (exact) mass is 204 g/mol. The van der Waals surface area contributed by atoms with Gasteiger partial charge >= 0.3 is 7.60 Å². The molecule has 0 aromatic rings. The predicted molar refractivity (Wildman–Crippen MR) is 54.7 cm³/mol. The molecule has 13 heavy (non-hydrogen) atoms. The molecule has 0 saturated heterocycles. The first-order valence-corrected chi connectivity index (χ1v) is 5.78. The molecular weight excluding hydrogens is 187 g/mol. The highest BCUT2D eigenvalue weighted by Gasteiger charge is 2.19. The van der Waals surface area contributed by atoms with Gasteiger partial charge in [-0.25, -0.2) is 0 Å². The molecule has 0 amide bonds. The van der Waals surface area contributed by atoms with Crippen LogP contribution in [0.2, 0.25) is 0 Å². The van der Waals surface area contributed by atoms with Crippen LogP contribution in [0.1, 0.15) is 13.8 Å². The minimum atomic E-state index is -3.08. The van der Waals surface area contributed by atoms with Crippen LogP contribution < -0.4 is 0 Å². The molecule has 0 rings (SSSR count). The van der Waals surface area contributed by atoms with Crippen LogP contribution in [0.25, 0.3) is 0 Å². The Labute approximate surface area is 80.0 Å². The molecule has 0 aromatic heterocycles. The summed E-state index contributed by atoms with van der Waals surface area (Å²) in [6, 6.07) is 0. The topological polar surface area (TPSA) is 35.5 Å². The van der Waals surface area contributed by atoms with E-state index in [-0.39, 0.29) is 6.61 Å². The Hall–Kier alpha value is -0.370. The quantitative estimate of drug-likeness (QED) is 0.472. The minimum absolute atomic E-state index is 0.210. The van der Waals surface area contributed by atoms with Crippen molar-refractivity contribution in [1.82, 2.24) is 0 Å². The van der Waals surface area contributed by atoms with E-state index in [1.54, 1.807) is 0 Å². The molecule has 3 nitrogen and oxygen atoms in total. The molecule has 0 heterocycles. The molecule has 1 atom stereocenters. The first kappa shape index (κ1) is 12.6. The van der Waals surface area contributed by atoms with Crippen LogP contribution in [0.15, 0.2) is 25.1 Å². The Balaban J connectivity index is 4.03. The number of rotatable bonds is 7. The Bertz CT molecular complexity index is 211. The molecule has 0 aliphatic heterocycles. The van der Waals surface area contributed by atoms with Crippen molar-refractivity contribution in [2.75, 3.05) is 13.2 Å². The van der Waals surface area contributed by atoms with Gasteiger partial charge in [0.2, 0.25) is 0 Å². The summed E-state index contributed by atoms with van der Waals surface area (Å²) < 4.78 is 21.7. The van der Waals surface area contributed by atoms with E-state index in [9.17, 15) is 4.57 Å². The van der Waals surface area contributed by atoms with Gasteiger partial charge in [-0.2, -0.15) is 0 Å². The summed E-state index contributed by atoms with van der Waals surface area (Å²) in [4.78, 5) is 0. The van der Waals surface area contributed by atoms with E-state index in [0.29, 0.717) is 12.5 Å². The Morgan fingerprint density at radius 1 is 1.38 bits per heavy atom. The fraction of sp³-hybridized carbons (Fsp3) is 0.556. The van der Waals surface area contributed by atoms with Gasteiger partial charge in [-0.15, -0.1) is 6.58 Å². The maximum atomic E-state index is 11.6. The van der Waals surface area contributed by atoms with Crippen LogP contribution in [-0.4, -0.2) is 13.2 Å². The van der Waals surface area contributed by atoms with Gasteiger partial charge in [-0.05, 0) is 5.92 Å². The predicted octanol–water partition coefficient (Wildman–Crippen LogP) is 3.20. The minimum Gasteiger partial charge on any atom is -0.305 e. The largest absolute Gasteiger partial charge is 0.353 e. The van der Waals surface area contributed by atoms with E-state index >= 15 is 0 Å². The summed E-state index contributed by atoms with van der Waals surface area (Å²) in [7, 11) is -3.08. The third kappa shape index (κ3) is 5.81. The van der Waals surface area contributed by atoms with Crippen LogP contribution in [-0.2, 0) is 13.6 Å². The fourth-order valence-corrected chi connectivity index (χ4v) is 1.66. The normalized spacial score (nSPS) is 15.3. The van der Waals surface area contributed by atoms with Crippen molar-refractivity contribution >= 4 is 7.60 Å². The van der Waals surface area contributed by atoms with Crippen molar-refractivity contribution in [3.63, 3.8) is 0 Å². The summed E-state index contributed by atoms with van der Waals surface area (Å²) in [6.07, 6.45) is 1.52. The van der Waals surface area contributed by atoms with Crippen LogP contribution in [0.4, 0.5) is 0 Å². The summed E-state index contributed by atoms with van der Waals surface area (Å²) in [5, 5.41) is 0. The molecule has 0 saturated carbocycles. The summed E-state index contributed by atoms with van der Waals surface area (Å²) in [5.41, 5.74) is 0. The SMILES string of the molecule is C=CCOP(=O)(C=C)OCC(C)C. The van der Waals surface area contributed by atoms with E-state index in [0.717, 1.165) is 0 Å². The van der Waals surface area contributed by atoms with Gasteiger partial charge in [0, 0.05) is 5.82 Å². The molecule has 0 aromatic carbocycles. The second-order valence-electron chi connectivity index (χ2n) is 3.00. The lowest BCUT2D eigenvalue weighted by molar-refractivity contribution is 0.206. The Morgan fingerprint density at radius 3 is 2.38 bits per heavy atom. The van der Waals surface area contributed by atoms with Gasteiger partial charge in [0.05, 0.1) is 13.2 Å². The zero-order valence-corrected chi connectivity index (χ0v) is 9.13. The Kier molecular flexibility index (Phi) is 5.97. The lowest BCUT2D eigenvalue weighted by atomic mass is 10.2. The highest BCUT2D eigenvalue weighted by Crippen LogP contribution is 2.49. The molecule has 0 N–H and O–H groups in total. The second kappa shape index (κ2) is 6.14. The Morgan fingerprint density at radius 2 is 2.00 bits per heavy atom. The van der Waals surface area contributed by atoms with Crippen molar-refractivity contribution in [2.45, 2.75) is 13.8 Å². The van der Waals surface area contributed by atoms with E-state index in [4.69, 9.17) is 9.05 Å². The molecule has 0 aliphatic carbocycles. The van der Waals surface area contributed by atoms with Crippen molar-refractivity contribution in [3.05, 3.63) is 25.1 Å².